The van der Waals surface area contributed by atoms with E-state index < -0.39 is 0 Å². The summed E-state index contributed by atoms with van der Waals surface area (Å²) in [5.41, 5.74) is 1.88. The Morgan fingerprint density at radius 1 is 1.32 bits per heavy atom. The van der Waals surface area contributed by atoms with Crippen molar-refractivity contribution in [3.63, 3.8) is 0 Å². The minimum absolute atomic E-state index is 0.0270. The van der Waals surface area contributed by atoms with Crippen LogP contribution in [0.4, 0.5) is 0 Å². The number of rotatable bonds is 5. The number of carbonyl (C=O) groups excluding carboxylic acids is 2. The summed E-state index contributed by atoms with van der Waals surface area (Å²) in [6.07, 6.45) is 3.14. The second kappa shape index (κ2) is 6.02. The molecule has 2 amide bonds. The molecule has 1 aliphatic heterocycles. The number of nitrogens with zero attached hydrogens (tertiary/aromatic N) is 3. The van der Waals surface area contributed by atoms with Crippen LogP contribution < -0.4 is 5.32 Å². The Morgan fingerprint density at radius 2 is 2.00 bits per heavy atom. The molecule has 2 fully saturated rings. The Bertz CT molecular complexity index is 578. The van der Waals surface area contributed by atoms with Crippen molar-refractivity contribution < 1.29 is 9.59 Å². The van der Waals surface area contributed by atoms with Gasteiger partial charge in [-0.15, -0.1) is 0 Å². The van der Waals surface area contributed by atoms with Crippen LogP contribution in [0.3, 0.4) is 0 Å². The van der Waals surface area contributed by atoms with Crippen LogP contribution in [0.2, 0.25) is 0 Å². The standard InChI is InChI=1S/C16H22N4O2/c1-10-7-11(2)19-14(18-10)5-6-17-16(22)12-8-15(21)20(9-12)13-3-4-13/h7,12-13H,3-6,8-9H2,1-2H3,(H,17,22)/t12-/m0/s1. The lowest BCUT2D eigenvalue weighted by Gasteiger charge is -2.15. The number of aromatic nitrogens is 2. The van der Waals surface area contributed by atoms with Gasteiger partial charge in [-0.3, -0.25) is 9.59 Å². The molecule has 0 unspecified atom stereocenters. The Kier molecular flexibility index (Phi) is 4.09. The number of carbonyl (C=O) groups is 2. The van der Waals surface area contributed by atoms with Gasteiger partial charge >= 0.3 is 0 Å². The summed E-state index contributed by atoms with van der Waals surface area (Å²) in [6, 6.07) is 2.33. The van der Waals surface area contributed by atoms with Crippen molar-refractivity contribution >= 4 is 11.8 Å². The SMILES string of the molecule is Cc1cc(C)nc(CCNC(=O)[C@H]2CC(=O)N(C3CC3)C2)n1. The fraction of sp³-hybridized carbons (Fsp3) is 0.625. The highest BCUT2D eigenvalue weighted by Gasteiger charge is 2.41. The topological polar surface area (TPSA) is 75.2 Å². The van der Waals surface area contributed by atoms with Gasteiger partial charge in [0.25, 0.3) is 0 Å². The summed E-state index contributed by atoms with van der Waals surface area (Å²) in [6.45, 7) is 4.96. The van der Waals surface area contributed by atoms with E-state index in [9.17, 15) is 9.59 Å². The molecule has 1 saturated heterocycles. The molecule has 0 spiro atoms. The first-order valence-electron chi connectivity index (χ1n) is 7.91. The van der Waals surface area contributed by atoms with Crippen LogP contribution in [-0.2, 0) is 16.0 Å². The lowest BCUT2D eigenvalue weighted by molar-refractivity contribution is -0.129. The maximum absolute atomic E-state index is 12.2. The Balaban J connectivity index is 1.47. The molecule has 1 aromatic rings. The van der Waals surface area contributed by atoms with Gasteiger partial charge < -0.3 is 10.2 Å². The van der Waals surface area contributed by atoms with Crippen LogP contribution in [0, 0.1) is 19.8 Å². The summed E-state index contributed by atoms with van der Waals surface area (Å²) >= 11 is 0. The zero-order chi connectivity index (χ0) is 15.7. The van der Waals surface area contributed by atoms with Gasteiger partial charge in [0, 0.05) is 43.4 Å². The molecule has 3 rings (SSSR count). The number of hydrogen-bond donors (Lipinski definition) is 1. The molecule has 22 heavy (non-hydrogen) atoms. The van der Waals surface area contributed by atoms with E-state index in [1.165, 1.54) is 0 Å². The normalized spacial score (nSPS) is 21.3. The van der Waals surface area contributed by atoms with Crippen molar-refractivity contribution in [1.29, 1.82) is 0 Å². The van der Waals surface area contributed by atoms with Crippen molar-refractivity contribution in [3.8, 4) is 0 Å². The minimum atomic E-state index is -0.201. The fourth-order valence-electron chi connectivity index (χ4n) is 3.00. The van der Waals surface area contributed by atoms with Crippen molar-refractivity contribution in [2.45, 2.75) is 45.6 Å². The van der Waals surface area contributed by atoms with E-state index >= 15 is 0 Å². The number of aryl methyl sites for hydroxylation is 2. The summed E-state index contributed by atoms with van der Waals surface area (Å²) in [5.74, 6) is 0.648. The van der Waals surface area contributed by atoms with Gasteiger partial charge in [-0.1, -0.05) is 0 Å². The van der Waals surface area contributed by atoms with Crippen LogP contribution in [0.15, 0.2) is 6.07 Å². The van der Waals surface area contributed by atoms with Gasteiger partial charge in [-0.25, -0.2) is 9.97 Å². The quantitative estimate of drug-likeness (QED) is 0.871. The molecule has 1 aliphatic carbocycles. The van der Waals surface area contributed by atoms with E-state index in [2.05, 4.69) is 15.3 Å². The first-order valence-corrected chi connectivity index (χ1v) is 7.91. The third kappa shape index (κ3) is 3.43. The lowest BCUT2D eigenvalue weighted by atomic mass is 10.1. The molecule has 6 heteroatoms. The van der Waals surface area contributed by atoms with Crippen molar-refractivity contribution in [3.05, 3.63) is 23.3 Å². The highest BCUT2D eigenvalue weighted by atomic mass is 16.2. The van der Waals surface area contributed by atoms with E-state index in [-0.39, 0.29) is 17.7 Å². The maximum atomic E-state index is 12.2. The molecular weight excluding hydrogens is 280 g/mol. The molecule has 2 aliphatic rings. The highest BCUT2D eigenvalue weighted by Crippen LogP contribution is 2.32. The molecule has 6 nitrogen and oxygen atoms in total. The fourth-order valence-corrected chi connectivity index (χ4v) is 3.00. The van der Waals surface area contributed by atoms with Crippen LogP contribution in [0.5, 0.6) is 0 Å². The average Bonchev–Trinajstić information content (AvgIpc) is 3.20. The van der Waals surface area contributed by atoms with Gasteiger partial charge in [0.2, 0.25) is 11.8 Å². The second-order valence-electron chi connectivity index (χ2n) is 6.29. The van der Waals surface area contributed by atoms with E-state index in [1.54, 1.807) is 0 Å². The largest absolute Gasteiger partial charge is 0.355 e. The Morgan fingerprint density at radius 3 is 2.64 bits per heavy atom. The average molecular weight is 302 g/mol. The molecule has 1 atom stereocenters. The third-order valence-electron chi connectivity index (χ3n) is 4.19. The molecule has 2 heterocycles. The molecule has 118 valence electrons. The number of likely N-dealkylation sites (tertiary alicyclic amines) is 1. The molecule has 0 bridgehead atoms. The molecule has 1 N–H and O–H groups in total. The van der Waals surface area contributed by atoms with Gasteiger partial charge in [0.1, 0.15) is 5.82 Å². The summed E-state index contributed by atoms with van der Waals surface area (Å²) < 4.78 is 0. The van der Waals surface area contributed by atoms with Crippen molar-refractivity contribution in [1.82, 2.24) is 20.2 Å². The summed E-state index contributed by atoms with van der Waals surface area (Å²) in [7, 11) is 0. The first kappa shape index (κ1) is 14.9. The lowest BCUT2D eigenvalue weighted by Crippen LogP contribution is -2.34. The number of nitrogens with one attached hydrogen (secondary N) is 1. The van der Waals surface area contributed by atoms with Crippen LogP contribution >= 0.6 is 0 Å². The molecule has 1 saturated carbocycles. The van der Waals surface area contributed by atoms with Gasteiger partial charge in [-0.2, -0.15) is 0 Å². The monoisotopic (exact) mass is 302 g/mol. The first-order chi connectivity index (χ1) is 10.5. The highest BCUT2D eigenvalue weighted by molar-refractivity contribution is 5.89. The summed E-state index contributed by atoms with van der Waals surface area (Å²) in [5, 5.41) is 2.91. The molecule has 0 aromatic carbocycles. The summed E-state index contributed by atoms with van der Waals surface area (Å²) in [4.78, 5) is 34.6. The molecular formula is C16H22N4O2. The Hall–Kier alpha value is -1.98. The predicted molar refractivity (Wildman–Crippen MR) is 81.1 cm³/mol. The van der Waals surface area contributed by atoms with Gasteiger partial charge in [-0.05, 0) is 32.8 Å². The minimum Gasteiger partial charge on any atom is -0.355 e. The van der Waals surface area contributed by atoms with E-state index in [0.717, 1.165) is 30.1 Å². The van der Waals surface area contributed by atoms with Crippen LogP contribution in [-0.4, -0.2) is 45.8 Å². The van der Waals surface area contributed by atoms with Crippen molar-refractivity contribution in [2.75, 3.05) is 13.1 Å². The number of hydrogen-bond acceptors (Lipinski definition) is 4. The van der Waals surface area contributed by atoms with E-state index in [0.29, 0.717) is 32.0 Å². The zero-order valence-electron chi connectivity index (χ0n) is 13.1. The van der Waals surface area contributed by atoms with Gasteiger partial charge in [0.15, 0.2) is 0 Å². The van der Waals surface area contributed by atoms with Crippen LogP contribution in [0.25, 0.3) is 0 Å². The molecule has 0 radical (unpaired) electrons. The third-order valence-corrected chi connectivity index (χ3v) is 4.19. The molecule has 1 aromatic heterocycles. The number of amides is 2. The smallest absolute Gasteiger partial charge is 0.225 e. The van der Waals surface area contributed by atoms with E-state index in [1.807, 2.05) is 24.8 Å². The second-order valence-corrected chi connectivity index (χ2v) is 6.29. The van der Waals surface area contributed by atoms with Crippen LogP contribution in [0.1, 0.15) is 36.5 Å². The zero-order valence-corrected chi connectivity index (χ0v) is 13.1. The van der Waals surface area contributed by atoms with Crippen molar-refractivity contribution in [2.24, 2.45) is 5.92 Å². The predicted octanol–water partition coefficient (Wildman–Crippen LogP) is 0.763. The van der Waals surface area contributed by atoms with E-state index in [4.69, 9.17) is 0 Å². The Labute approximate surface area is 130 Å². The van der Waals surface area contributed by atoms with Gasteiger partial charge in [0.05, 0.1) is 5.92 Å². The maximum Gasteiger partial charge on any atom is 0.225 e.